The molecule has 1 saturated carbocycles. The number of halogens is 8. The number of primary amides is 2. The van der Waals surface area contributed by atoms with Gasteiger partial charge in [0.1, 0.15) is 41.0 Å². The summed E-state index contributed by atoms with van der Waals surface area (Å²) in [5.41, 5.74) is 8.69. The van der Waals surface area contributed by atoms with E-state index in [1.165, 1.54) is 31.2 Å². The van der Waals surface area contributed by atoms with E-state index in [1.54, 1.807) is 12.1 Å². The van der Waals surface area contributed by atoms with Gasteiger partial charge in [-0.1, -0.05) is 32.3 Å². The van der Waals surface area contributed by atoms with Crippen LogP contribution in [0.25, 0.3) is 11.1 Å². The van der Waals surface area contributed by atoms with Gasteiger partial charge in [0.05, 0.1) is 11.3 Å². The fourth-order valence-electron chi connectivity index (χ4n) is 7.05. The molecule has 0 radical (unpaired) electrons. The molecule has 2 heterocycles. The molecule has 0 bridgehead atoms. The number of rotatable bonds is 7. The summed E-state index contributed by atoms with van der Waals surface area (Å²) in [6, 6.07) is 10.9. The Morgan fingerprint density at radius 1 is 1.00 bits per heavy atom. The Balaban J connectivity index is 0.000000256. The number of amides is 2. The standard InChI is InChI=1S/C29H27F3N2O2.C10H10F5N3O/c1-18(13-19-14-21(30)17-22(31)15-19)27-24(20-5-8-26(32)25(16-20)28(33)35)7-6-23(34-27)9-12-29(36)10-3-2-4-11-29;1-4-2-9(11,12)8-6(4)7(10(13,14)15)17-18(8)3-5(16)19/h5-8,14-18,36H,2-4,10-11,13H2,1H3,(H2,33,35);4H,2-3H2,1H3,(H2,16,19)/t18-;4-/m00/s1. The average molecular weight is 776 g/mol. The van der Waals surface area contributed by atoms with E-state index >= 15 is 0 Å². The Morgan fingerprint density at radius 2 is 1.65 bits per heavy atom. The summed E-state index contributed by atoms with van der Waals surface area (Å²) < 4.78 is 108. The smallest absolute Gasteiger partial charge is 0.378 e. The molecule has 2 amide bonds. The molecule has 2 aliphatic carbocycles. The van der Waals surface area contributed by atoms with Crippen LogP contribution in [0.4, 0.5) is 35.1 Å². The van der Waals surface area contributed by atoms with Gasteiger partial charge >= 0.3 is 6.18 Å². The van der Waals surface area contributed by atoms with E-state index in [0.29, 0.717) is 45.6 Å². The summed E-state index contributed by atoms with van der Waals surface area (Å²) in [4.78, 5) is 27.2. The Hall–Kier alpha value is -5.30. The highest BCUT2D eigenvalue weighted by Crippen LogP contribution is 2.52. The molecule has 8 nitrogen and oxygen atoms in total. The number of hydrogen-bond acceptors (Lipinski definition) is 5. The molecule has 2 aliphatic rings. The topological polar surface area (TPSA) is 137 Å². The lowest BCUT2D eigenvalue weighted by Crippen LogP contribution is -2.29. The summed E-state index contributed by atoms with van der Waals surface area (Å²) in [6.45, 7) is 2.32. The van der Waals surface area contributed by atoms with Crippen LogP contribution in [-0.2, 0) is 29.9 Å². The number of fused-ring (bicyclic) bond motifs is 1. The first kappa shape index (κ1) is 40.9. The van der Waals surface area contributed by atoms with Crippen molar-refractivity contribution in [2.75, 3.05) is 0 Å². The third kappa shape index (κ3) is 9.51. The molecule has 0 saturated heterocycles. The quantitative estimate of drug-likeness (QED) is 0.131. The lowest BCUT2D eigenvalue weighted by atomic mass is 9.85. The van der Waals surface area contributed by atoms with E-state index in [-0.39, 0.29) is 17.9 Å². The normalized spacial score (nSPS) is 17.6. The second-order valence-corrected chi connectivity index (χ2v) is 14.0. The number of carbonyl (C=O) groups excluding carboxylic acids is 2. The molecule has 2 aromatic carbocycles. The lowest BCUT2D eigenvalue weighted by Gasteiger charge is -2.26. The number of hydrogen-bond donors (Lipinski definition) is 3. The number of nitrogens with zero attached hydrogens (tertiary/aromatic N) is 3. The van der Waals surface area contributed by atoms with E-state index in [2.05, 4.69) is 16.9 Å². The van der Waals surface area contributed by atoms with Crippen LogP contribution in [0.1, 0.15) is 108 Å². The summed E-state index contributed by atoms with van der Waals surface area (Å²) in [5, 5.41) is 13.8. The van der Waals surface area contributed by atoms with Gasteiger partial charge < -0.3 is 16.6 Å². The number of pyridine rings is 1. The molecule has 0 aliphatic heterocycles. The molecule has 0 unspecified atom stereocenters. The van der Waals surface area contributed by atoms with Crippen molar-refractivity contribution in [3.05, 3.63) is 105 Å². The fraction of sp³-hybridized carbons (Fsp3) is 0.385. The highest BCUT2D eigenvalue weighted by atomic mass is 19.4. The maximum absolute atomic E-state index is 14.1. The number of carbonyl (C=O) groups is 2. The highest BCUT2D eigenvalue weighted by molar-refractivity contribution is 5.94. The Morgan fingerprint density at radius 3 is 2.25 bits per heavy atom. The van der Waals surface area contributed by atoms with Crippen LogP contribution in [0.15, 0.2) is 48.5 Å². The maximum Gasteiger partial charge on any atom is 0.435 e. The number of benzene rings is 2. The van der Waals surface area contributed by atoms with Gasteiger partial charge in [0.2, 0.25) is 5.91 Å². The molecule has 1 fully saturated rings. The zero-order valence-electron chi connectivity index (χ0n) is 29.7. The number of aliphatic hydroxyl groups is 1. The number of alkyl halides is 5. The Bertz CT molecular complexity index is 2150. The van der Waals surface area contributed by atoms with E-state index in [4.69, 9.17) is 16.5 Å². The van der Waals surface area contributed by atoms with Crippen molar-refractivity contribution in [2.24, 2.45) is 11.5 Å². The second kappa shape index (κ2) is 15.8. The molecule has 0 spiro atoms. The second-order valence-electron chi connectivity index (χ2n) is 14.0. The predicted octanol–water partition coefficient (Wildman–Crippen LogP) is 7.64. The highest BCUT2D eigenvalue weighted by Gasteiger charge is 2.53. The minimum atomic E-state index is -4.85. The van der Waals surface area contributed by atoms with Crippen LogP contribution in [0, 0.1) is 29.3 Å². The van der Waals surface area contributed by atoms with Gasteiger partial charge in [-0.3, -0.25) is 14.3 Å². The molecule has 2 aromatic heterocycles. The molecule has 55 heavy (non-hydrogen) atoms. The van der Waals surface area contributed by atoms with Crippen LogP contribution in [0.3, 0.4) is 0 Å². The monoisotopic (exact) mass is 775 g/mol. The first-order valence-electron chi connectivity index (χ1n) is 17.3. The molecule has 16 heteroatoms. The minimum absolute atomic E-state index is 0.248. The zero-order chi connectivity index (χ0) is 40.5. The number of aromatic nitrogens is 3. The summed E-state index contributed by atoms with van der Waals surface area (Å²) >= 11 is 0. The first-order chi connectivity index (χ1) is 25.7. The van der Waals surface area contributed by atoms with E-state index in [0.717, 1.165) is 31.4 Å². The van der Waals surface area contributed by atoms with Crippen molar-refractivity contribution in [3.8, 4) is 23.0 Å². The van der Waals surface area contributed by atoms with Crippen LogP contribution >= 0.6 is 0 Å². The van der Waals surface area contributed by atoms with Crippen molar-refractivity contribution in [1.29, 1.82) is 0 Å². The van der Waals surface area contributed by atoms with Crippen molar-refractivity contribution in [2.45, 2.75) is 94.9 Å². The third-order valence-electron chi connectivity index (χ3n) is 9.47. The van der Waals surface area contributed by atoms with Crippen LogP contribution in [-0.4, -0.2) is 37.3 Å². The lowest BCUT2D eigenvalue weighted by molar-refractivity contribution is -0.142. The summed E-state index contributed by atoms with van der Waals surface area (Å²) in [5.74, 6) is -2.79. The molecule has 4 aromatic rings. The fourth-order valence-corrected chi connectivity index (χ4v) is 7.05. The van der Waals surface area contributed by atoms with Crippen molar-refractivity contribution >= 4 is 11.8 Å². The first-order valence-corrected chi connectivity index (χ1v) is 17.3. The van der Waals surface area contributed by atoms with Crippen LogP contribution in [0.5, 0.6) is 0 Å². The van der Waals surface area contributed by atoms with Crippen molar-refractivity contribution in [3.63, 3.8) is 0 Å². The predicted molar refractivity (Wildman–Crippen MR) is 185 cm³/mol. The Kier molecular flexibility index (Phi) is 11.8. The molecule has 2 atom stereocenters. The van der Waals surface area contributed by atoms with Gasteiger partial charge in [-0.2, -0.15) is 27.1 Å². The van der Waals surface area contributed by atoms with Crippen molar-refractivity contribution < 1.29 is 49.8 Å². The Labute approximate surface area is 310 Å². The average Bonchev–Trinajstić information content (AvgIpc) is 3.59. The third-order valence-corrected chi connectivity index (χ3v) is 9.47. The van der Waals surface area contributed by atoms with Gasteiger partial charge in [0, 0.05) is 29.5 Å². The van der Waals surface area contributed by atoms with Crippen LogP contribution in [0.2, 0.25) is 0 Å². The largest absolute Gasteiger partial charge is 0.435 e. The molecule has 292 valence electrons. The van der Waals surface area contributed by atoms with Gasteiger partial charge in [-0.15, -0.1) is 0 Å². The van der Waals surface area contributed by atoms with Crippen molar-refractivity contribution in [1.82, 2.24) is 14.8 Å². The van der Waals surface area contributed by atoms with E-state index < -0.39 is 82.8 Å². The molecular weight excluding hydrogens is 738 g/mol. The summed E-state index contributed by atoms with van der Waals surface area (Å²) in [6.07, 6.45) is -1.18. The molecular formula is C39H37F8N5O3. The van der Waals surface area contributed by atoms with Gasteiger partial charge in [0.25, 0.3) is 11.8 Å². The van der Waals surface area contributed by atoms with Gasteiger partial charge in [-0.25, -0.2) is 18.2 Å². The number of nitrogens with two attached hydrogens (primary N) is 2. The molecule has 5 N–H and O–H groups in total. The molecule has 6 rings (SSSR count). The van der Waals surface area contributed by atoms with E-state index in [9.17, 15) is 49.8 Å². The SMILES string of the molecule is C[C@@H](Cc1cc(F)cc(F)c1)c1nc(C#CC2(O)CCCCC2)ccc1-c1ccc(F)c(C(N)=O)c1.C[C@H]1CC(F)(F)c2c1c(C(F)(F)F)nn2CC(N)=O. The minimum Gasteiger partial charge on any atom is -0.378 e. The van der Waals surface area contributed by atoms with Crippen LogP contribution < -0.4 is 11.5 Å². The zero-order valence-corrected chi connectivity index (χ0v) is 29.7. The maximum atomic E-state index is 14.1. The van der Waals surface area contributed by atoms with E-state index in [1.807, 2.05) is 6.92 Å². The summed E-state index contributed by atoms with van der Waals surface area (Å²) in [7, 11) is 0. The van der Waals surface area contributed by atoms with Gasteiger partial charge in [-0.05, 0) is 91.5 Å². The van der Waals surface area contributed by atoms with Gasteiger partial charge in [0.15, 0.2) is 5.69 Å².